The van der Waals surface area contributed by atoms with E-state index in [1.54, 1.807) is 12.1 Å². The Kier molecular flexibility index (Phi) is 5.45. The molecule has 0 amide bonds. The first kappa shape index (κ1) is 18.0. The largest absolute Gasteiger partial charge is 0.486 e. The number of carbonyl (C=O) groups excluding carboxylic acids is 1. The molecule has 0 unspecified atom stereocenters. The summed E-state index contributed by atoms with van der Waals surface area (Å²) in [5.74, 6) is 0.771. The van der Waals surface area contributed by atoms with Gasteiger partial charge in [0.05, 0.1) is 18.4 Å². The monoisotopic (exact) mass is 370 g/mol. The molecule has 2 aliphatic heterocycles. The number of hydrogen-bond acceptors (Lipinski definition) is 7. The summed E-state index contributed by atoms with van der Waals surface area (Å²) < 4.78 is 42.6. The van der Waals surface area contributed by atoms with Crippen LogP contribution in [0.3, 0.4) is 0 Å². The summed E-state index contributed by atoms with van der Waals surface area (Å²) in [5, 5.41) is 0. The van der Waals surface area contributed by atoms with Crippen molar-refractivity contribution >= 4 is 16.0 Å². The first-order chi connectivity index (χ1) is 12.0. The van der Waals surface area contributed by atoms with Crippen molar-refractivity contribution in [2.24, 2.45) is 0 Å². The molecule has 25 heavy (non-hydrogen) atoms. The topological polar surface area (TPSA) is 85.4 Å². The molecule has 0 saturated carbocycles. The summed E-state index contributed by atoms with van der Waals surface area (Å²) in [6.07, 6.45) is 0.311. The number of hydrogen-bond donors (Lipinski definition) is 0. The van der Waals surface area contributed by atoms with Gasteiger partial charge >= 0.3 is 5.97 Å². The predicted molar refractivity (Wildman–Crippen MR) is 89.3 cm³/mol. The number of fused-ring (bicyclic) bond motifs is 1. The molecule has 1 aromatic carbocycles. The molecule has 0 N–H and O–H groups in total. The number of ether oxygens (including phenoxy) is 3. The van der Waals surface area contributed by atoms with Crippen LogP contribution in [-0.4, -0.2) is 76.6 Å². The van der Waals surface area contributed by atoms with Gasteiger partial charge in [0.2, 0.25) is 10.0 Å². The third-order valence-electron chi connectivity index (χ3n) is 4.34. The van der Waals surface area contributed by atoms with Crippen molar-refractivity contribution in [3.63, 3.8) is 0 Å². The van der Waals surface area contributed by atoms with E-state index in [0.29, 0.717) is 63.9 Å². The van der Waals surface area contributed by atoms with Crippen LogP contribution in [0.4, 0.5) is 0 Å². The smallest absolute Gasteiger partial charge is 0.306 e. The molecular weight excluding hydrogens is 348 g/mol. The Hall–Kier alpha value is -1.84. The Morgan fingerprint density at radius 2 is 1.80 bits per heavy atom. The minimum absolute atomic E-state index is 0.208. The lowest BCUT2D eigenvalue weighted by Gasteiger charge is -2.33. The maximum atomic E-state index is 12.8. The fraction of sp³-hybridized carbons (Fsp3) is 0.562. The number of carbonyl (C=O) groups is 1. The van der Waals surface area contributed by atoms with Gasteiger partial charge in [0.1, 0.15) is 13.2 Å². The Morgan fingerprint density at radius 3 is 2.48 bits per heavy atom. The molecule has 1 fully saturated rings. The number of piperazine rings is 1. The molecule has 1 aromatic rings. The zero-order valence-corrected chi connectivity index (χ0v) is 15.0. The van der Waals surface area contributed by atoms with E-state index in [1.807, 2.05) is 0 Å². The van der Waals surface area contributed by atoms with Crippen LogP contribution in [0.1, 0.15) is 6.42 Å². The van der Waals surface area contributed by atoms with E-state index in [2.05, 4.69) is 9.64 Å². The van der Waals surface area contributed by atoms with Gasteiger partial charge in [-0.1, -0.05) is 0 Å². The molecule has 3 rings (SSSR count). The van der Waals surface area contributed by atoms with E-state index < -0.39 is 10.0 Å². The molecule has 0 bridgehead atoms. The highest BCUT2D eigenvalue weighted by atomic mass is 32.2. The van der Waals surface area contributed by atoms with E-state index in [4.69, 9.17) is 9.47 Å². The van der Waals surface area contributed by atoms with Crippen LogP contribution in [0, 0.1) is 0 Å². The Bertz CT molecular complexity index is 728. The zero-order valence-electron chi connectivity index (χ0n) is 14.1. The van der Waals surface area contributed by atoms with Gasteiger partial charge in [-0.05, 0) is 12.1 Å². The van der Waals surface area contributed by atoms with E-state index in [-0.39, 0.29) is 10.9 Å². The molecule has 0 aromatic heterocycles. The minimum Gasteiger partial charge on any atom is -0.486 e. The average Bonchev–Trinajstić information content (AvgIpc) is 2.66. The number of sulfonamides is 1. The van der Waals surface area contributed by atoms with Crippen LogP contribution in [0.25, 0.3) is 0 Å². The molecule has 0 spiro atoms. The van der Waals surface area contributed by atoms with Crippen LogP contribution in [0.15, 0.2) is 23.1 Å². The van der Waals surface area contributed by atoms with Gasteiger partial charge in [-0.15, -0.1) is 0 Å². The molecule has 0 aliphatic carbocycles. The van der Waals surface area contributed by atoms with Gasteiger partial charge in [-0.2, -0.15) is 4.31 Å². The minimum atomic E-state index is -3.58. The Balaban J connectivity index is 1.63. The second-order valence-corrected chi connectivity index (χ2v) is 7.82. The normalized spacial score (nSPS) is 18.8. The molecule has 1 saturated heterocycles. The van der Waals surface area contributed by atoms with Crippen molar-refractivity contribution in [2.75, 3.05) is 53.0 Å². The molecule has 2 aliphatic rings. The molecule has 0 atom stereocenters. The lowest BCUT2D eigenvalue weighted by molar-refractivity contribution is -0.141. The van der Waals surface area contributed by atoms with Crippen LogP contribution in [0.5, 0.6) is 11.5 Å². The molecule has 9 heteroatoms. The third kappa shape index (κ3) is 4.05. The van der Waals surface area contributed by atoms with Crippen LogP contribution < -0.4 is 9.47 Å². The van der Waals surface area contributed by atoms with Crippen molar-refractivity contribution in [1.29, 1.82) is 0 Å². The van der Waals surface area contributed by atoms with Crippen LogP contribution in [-0.2, 0) is 19.6 Å². The van der Waals surface area contributed by atoms with Crippen molar-refractivity contribution in [2.45, 2.75) is 11.3 Å². The lowest BCUT2D eigenvalue weighted by Crippen LogP contribution is -2.48. The summed E-state index contributed by atoms with van der Waals surface area (Å²) in [7, 11) is -2.21. The summed E-state index contributed by atoms with van der Waals surface area (Å²) in [4.78, 5) is 13.5. The highest BCUT2D eigenvalue weighted by Crippen LogP contribution is 2.33. The fourth-order valence-corrected chi connectivity index (χ4v) is 4.32. The number of methoxy groups -OCH3 is 1. The van der Waals surface area contributed by atoms with E-state index in [1.165, 1.54) is 17.5 Å². The van der Waals surface area contributed by atoms with Gasteiger partial charge in [-0.3, -0.25) is 4.79 Å². The third-order valence-corrected chi connectivity index (χ3v) is 6.24. The number of esters is 1. The van der Waals surface area contributed by atoms with Gasteiger partial charge < -0.3 is 19.1 Å². The first-order valence-electron chi connectivity index (χ1n) is 8.19. The molecule has 138 valence electrons. The maximum absolute atomic E-state index is 12.8. The highest BCUT2D eigenvalue weighted by molar-refractivity contribution is 7.89. The van der Waals surface area contributed by atoms with Crippen LogP contribution >= 0.6 is 0 Å². The van der Waals surface area contributed by atoms with Gasteiger partial charge in [0, 0.05) is 38.8 Å². The summed E-state index contributed by atoms with van der Waals surface area (Å²) in [6.45, 7) is 3.39. The Labute approximate surface area is 147 Å². The SMILES string of the molecule is COC(=O)CCN1CCN(S(=O)(=O)c2ccc3c(c2)OCCO3)CC1. The first-order valence-corrected chi connectivity index (χ1v) is 9.63. The van der Waals surface area contributed by atoms with Gasteiger partial charge in [0.25, 0.3) is 0 Å². The second kappa shape index (κ2) is 7.59. The second-order valence-electron chi connectivity index (χ2n) is 5.88. The van der Waals surface area contributed by atoms with Gasteiger partial charge in [0.15, 0.2) is 11.5 Å². The standard InChI is InChI=1S/C16H22N2O6S/c1-22-16(19)4-5-17-6-8-18(9-7-17)25(20,21)13-2-3-14-15(12-13)24-11-10-23-14/h2-3,12H,4-11H2,1H3. The summed E-state index contributed by atoms with van der Waals surface area (Å²) in [6, 6.07) is 4.70. The Morgan fingerprint density at radius 1 is 1.12 bits per heavy atom. The number of nitrogens with zero attached hydrogens (tertiary/aromatic N) is 2. The van der Waals surface area contributed by atoms with E-state index in [9.17, 15) is 13.2 Å². The average molecular weight is 370 g/mol. The molecule has 2 heterocycles. The summed E-state index contributed by atoms with van der Waals surface area (Å²) >= 11 is 0. The maximum Gasteiger partial charge on any atom is 0.306 e. The summed E-state index contributed by atoms with van der Waals surface area (Å²) in [5.41, 5.74) is 0. The molecule has 8 nitrogen and oxygen atoms in total. The van der Waals surface area contributed by atoms with E-state index >= 15 is 0 Å². The number of rotatable bonds is 5. The molecule has 0 radical (unpaired) electrons. The zero-order chi connectivity index (χ0) is 17.9. The highest BCUT2D eigenvalue weighted by Gasteiger charge is 2.29. The quantitative estimate of drug-likeness (QED) is 0.691. The fourth-order valence-electron chi connectivity index (χ4n) is 2.88. The van der Waals surface area contributed by atoms with E-state index in [0.717, 1.165) is 0 Å². The molecular formula is C16H22N2O6S. The number of benzene rings is 1. The van der Waals surface area contributed by atoms with Crippen molar-refractivity contribution < 1.29 is 27.4 Å². The lowest BCUT2D eigenvalue weighted by atomic mass is 10.3. The van der Waals surface area contributed by atoms with Gasteiger partial charge in [-0.25, -0.2) is 8.42 Å². The van der Waals surface area contributed by atoms with Crippen LogP contribution in [0.2, 0.25) is 0 Å². The van der Waals surface area contributed by atoms with Crippen molar-refractivity contribution in [1.82, 2.24) is 9.21 Å². The predicted octanol–water partition coefficient (Wildman–Crippen LogP) is 0.327. The van der Waals surface area contributed by atoms with Crippen molar-refractivity contribution in [3.05, 3.63) is 18.2 Å². The van der Waals surface area contributed by atoms with Crippen molar-refractivity contribution in [3.8, 4) is 11.5 Å².